The molecule has 0 saturated heterocycles. The number of carbonyl (C=O) groups is 1. The van der Waals surface area contributed by atoms with E-state index in [1.807, 2.05) is 13.8 Å². The van der Waals surface area contributed by atoms with Crippen LogP contribution >= 0.6 is 0 Å². The molecule has 0 fully saturated rings. The van der Waals surface area contributed by atoms with Gasteiger partial charge in [-0.1, -0.05) is 13.8 Å². The van der Waals surface area contributed by atoms with Gasteiger partial charge in [-0.3, -0.25) is 4.79 Å². The van der Waals surface area contributed by atoms with Crippen LogP contribution in [-0.2, 0) is 4.79 Å². The molecule has 54 valence electrons. The minimum absolute atomic E-state index is 0.115. The van der Waals surface area contributed by atoms with E-state index < -0.39 is 12.6 Å². The summed E-state index contributed by atoms with van der Waals surface area (Å²) in [6, 6.07) is -0.505. The molecular formula is C6H13NO2. The van der Waals surface area contributed by atoms with Crippen molar-refractivity contribution in [1.82, 2.24) is 0 Å². The van der Waals surface area contributed by atoms with Crippen LogP contribution in [0.1, 0.15) is 13.8 Å². The fourth-order valence-electron chi connectivity index (χ4n) is 0.477. The second-order valence-electron chi connectivity index (χ2n) is 2.39. The second-order valence-corrected chi connectivity index (χ2v) is 2.39. The van der Waals surface area contributed by atoms with Crippen molar-refractivity contribution in [1.29, 1.82) is 0 Å². The van der Waals surface area contributed by atoms with Crippen molar-refractivity contribution < 1.29 is 9.90 Å². The Bertz CT molecular complexity index is 101. The van der Waals surface area contributed by atoms with Gasteiger partial charge in [0.05, 0.1) is 6.04 Å². The summed E-state index contributed by atoms with van der Waals surface area (Å²) >= 11 is 0. The summed E-state index contributed by atoms with van der Waals surface area (Å²) in [6.45, 7) is 3.25. The third kappa shape index (κ3) is 2.58. The molecule has 3 nitrogen and oxygen atoms in total. The predicted octanol–water partition coefficient (Wildman–Crippen LogP) is -0.469. The molecule has 0 unspecified atom stereocenters. The quantitative estimate of drug-likeness (QED) is 0.544. The van der Waals surface area contributed by atoms with Gasteiger partial charge in [0.1, 0.15) is 6.61 Å². The van der Waals surface area contributed by atoms with Crippen molar-refractivity contribution in [2.45, 2.75) is 19.9 Å². The Kier molecular flexibility index (Phi) is 3.42. The summed E-state index contributed by atoms with van der Waals surface area (Å²) < 4.78 is 0. The SMILES string of the molecule is CC(C)[C@@H](N)C(=O)CO. The smallest absolute Gasteiger partial charge is 0.175 e. The monoisotopic (exact) mass is 131 g/mol. The summed E-state index contributed by atoms with van der Waals surface area (Å²) in [5.41, 5.74) is 5.36. The van der Waals surface area contributed by atoms with Crippen LogP contribution < -0.4 is 5.73 Å². The largest absolute Gasteiger partial charge is 0.389 e. The molecule has 0 aromatic rings. The zero-order valence-corrected chi connectivity index (χ0v) is 5.79. The molecule has 0 aromatic heterocycles. The van der Waals surface area contributed by atoms with Gasteiger partial charge in [0.15, 0.2) is 5.78 Å². The van der Waals surface area contributed by atoms with Crippen LogP contribution in [0.25, 0.3) is 0 Å². The zero-order valence-electron chi connectivity index (χ0n) is 5.79. The Morgan fingerprint density at radius 2 is 2.11 bits per heavy atom. The van der Waals surface area contributed by atoms with Crippen molar-refractivity contribution >= 4 is 5.78 Å². The van der Waals surface area contributed by atoms with Crippen LogP contribution in [0.3, 0.4) is 0 Å². The van der Waals surface area contributed by atoms with Crippen molar-refractivity contribution in [3.05, 3.63) is 0 Å². The van der Waals surface area contributed by atoms with E-state index in [2.05, 4.69) is 0 Å². The minimum atomic E-state index is -0.505. The number of nitrogens with two attached hydrogens (primary N) is 1. The Labute approximate surface area is 54.9 Å². The number of aliphatic hydroxyl groups is 1. The van der Waals surface area contributed by atoms with Crippen molar-refractivity contribution in [2.24, 2.45) is 11.7 Å². The molecule has 1 atom stereocenters. The Morgan fingerprint density at radius 1 is 1.67 bits per heavy atom. The zero-order chi connectivity index (χ0) is 7.44. The lowest BCUT2D eigenvalue weighted by molar-refractivity contribution is -0.123. The molecule has 0 spiro atoms. The van der Waals surface area contributed by atoms with E-state index in [-0.39, 0.29) is 11.7 Å². The third-order valence-electron chi connectivity index (χ3n) is 1.25. The van der Waals surface area contributed by atoms with Crippen molar-refractivity contribution in [2.75, 3.05) is 6.61 Å². The van der Waals surface area contributed by atoms with E-state index in [4.69, 9.17) is 10.8 Å². The molecule has 0 rings (SSSR count). The highest BCUT2D eigenvalue weighted by Crippen LogP contribution is 1.97. The number of carbonyl (C=O) groups excluding carboxylic acids is 1. The standard InChI is InChI=1S/C6H13NO2/c1-4(2)6(7)5(9)3-8/h4,6,8H,3,7H2,1-2H3/t6-/m1/s1. The fraction of sp³-hybridized carbons (Fsp3) is 0.833. The normalized spacial score (nSPS) is 13.9. The highest BCUT2D eigenvalue weighted by molar-refractivity contribution is 5.84. The fourth-order valence-corrected chi connectivity index (χ4v) is 0.477. The molecule has 0 aliphatic carbocycles. The van der Waals surface area contributed by atoms with E-state index in [0.717, 1.165) is 0 Å². The van der Waals surface area contributed by atoms with Gasteiger partial charge in [0.2, 0.25) is 0 Å². The van der Waals surface area contributed by atoms with Crippen LogP contribution in [0.15, 0.2) is 0 Å². The lowest BCUT2D eigenvalue weighted by Crippen LogP contribution is -2.37. The number of ketones is 1. The number of rotatable bonds is 3. The topological polar surface area (TPSA) is 63.3 Å². The summed E-state index contributed by atoms with van der Waals surface area (Å²) in [5, 5.41) is 8.32. The molecule has 0 amide bonds. The molecular weight excluding hydrogens is 118 g/mol. The lowest BCUT2D eigenvalue weighted by atomic mass is 10.0. The van der Waals surface area contributed by atoms with Gasteiger partial charge in [0.25, 0.3) is 0 Å². The van der Waals surface area contributed by atoms with E-state index in [1.165, 1.54) is 0 Å². The van der Waals surface area contributed by atoms with Gasteiger partial charge in [-0.05, 0) is 5.92 Å². The van der Waals surface area contributed by atoms with Gasteiger partial charge in [-0.25, -0.2) is 0 Å². The summed E-state index contributed by atoms with van der Waals surface area (Å²) in [7, 11) is 0. The Morgan fingerprint density at radius 3 is 2.22 bits per heavy atom. The minimum Gasteiger partial charge on any atom is -0.389 e. The maximum Gasteiger partial charge on any atom is 0.175 e. The maximum absolute atomic E-state index is 10.6. The second kappa shape index (κ2) is 3.58. The molecule has 0 aromatic carbocycles. The van der Waals surface area contributed by atoms with Gasteiger partial charge < -0.3 is 10.8 Å². The molecule has 0 radical (unpaired) electrons. The third-order valence-corrected chi connectivity index (χ3v) is 1.25. The van der Waals surface area contributed by atoms with Crippen LogP contribution in [0.2, 0.25) is 0 Å². The molecule has 0 saturated carbocycles. The van der Waals surface area contributed by atoms with E-state index in [1.54, 1.807) is 0 Å². The maximum atomic E-state index is 10.6. The van der Waals surface area contributed by atoms with Gasteiger partial charge in [-0.15, -0.1) is 0 Å². The van der Waals surface area contributed by atoms with E-state index >= 15 is 0 Å². The number of Topliss-reactive ketones (excluding diaryl/α,β-unsaturated/α-hetero) is 1. The number of hydrogen-bond acceptors (Lipinski definition) is 3. The van der Waals surface area contributed by atoms with Crippen LogP contribution in [0.5, 0.6) is 0 Å². The average Bonchev–Trinajstić information content (AvgIpc) is 1.84. The molecule has 3 heteroatoms. The first-order valence-corrected chi connectivity index (χ1v) is 2.98. The number of aliphatic hydroxyl groups excluding tert-OH is 1. The summed E-state index contributed by atoms with van der Waals surface area (Å²) in [6.07, 6.45) is 0. The summed E-state index contributed by atoms with van der Waals surface area (Å²) in [4.78, 5) is 10.6. The van der Waals surface area contributed by atoms with E-state index in [9.17, 15) is 4.79 Å². The van der Waals surface area contributed by atoms with Crippen molar-refractivity contribution in [3.63, 3.8) is 0 Å². The first-order valence-electron chi connectivity index (χ1n) is 2.98. The lowest BCUT2D eigenvalue weighted by Gasteiger charge is -2.11. The number of hydrogen-bond donors (Lipinski definition) is 2. The molecule has 0 aliphatic rings. The first kappa shape index (κ1) is 8.59. The van der Waals surface area contributed by atoms with Gasteiger partial charge in [0, 0.05) is 0 Å². The highest BCUT2D eigenvalue weighted by atomic mass is 16.3. The van der Waals surface area contributed by atoms with Crippen LogP contribution in [0.4, 0.5) is 0 Å². The Hall–Kier alpha value is -0.410. The van der Waals surface area contributed by atoms with Crippen molar-refractivity contribution in [3.8, 4) is 0 Å². The average molecular weight is 131 g/mol. The first-order chi connectivity index (χ1) is 4.09. The van der Waals surface area contributed by atoms with Gasteiger partial charge >= 0.3 is 0 Å². The predicted molar refractivity (Wildman–Crippen MR) is 34.9 cm³/mol. The Balaban J connectivity index is 3.72. The van der Waals surface area contributed by atoms with Gasteiger partial charge in [-0.2, -0.15) is 0 Å². The highest BCUT2D eigenvalue weighted by Gasteiger charge is 2.14. The molecule has 9 heavy (non-hydrogen) atoms. The molecule has 0 bridgehead atoms. The molecule has 0 aliphatic heterocycles. The van der Waals surface area contributed by atoms with Crippen LogP contribution in [-0.4, -0.2) is 23.5 Å². The molecule has 0 heterocycles. The van der Waals surface area contributed by atoms with Crippen LogP contribution in [0, 0.1) is 5.92 Å². The summed E-state index contributed by atoms with van der Waals surface area (Å²) in [5.74, 6) is -0.172. The molecule has 3 N–H and O–H groups in total. The van der Waals surface area contributed by atoms with E-state index in [0.29, 0.717) is 0 Å².